The molecule has 0 saturated heterocycles. The Balaban J connectivity index is 1.56. The van der Waals surface area contributed by atoms with E-state index in [1.54, 1.807) is 24.4 Å². The number of nitrogens with zero attached hydrogens (tertiary/aromatic N) is 2. The van der Waals surface area contributed by atoms with Crippen molar-refractivity contribution in [3.8, 4) is 5.88 Å². The number of benzene rings is 2. The summed E-state index contributed by atoms with van der Waals surface area (Å²) in [7, 11) is 0. The molecule has 2 N–H and O–H groups in total. The van der Waals surface area contributed by atoms with Crippen LogP contribution in [0.2, 0.25) is 0 Å². The smallest absolute Gasteiger partial charge is 0.311 e. The SMILES string of the molecule is O=C(Cn1c(O)c(C=C2C=Nc3ccccc32)sc1=O)Nc1ccc(I)cc1. The molecule has 0 unspecified atom stereocenters. The summed E-state index contributed by atoms with van der Waals surface area (Å²) in [4.78, 5) is 28.9. The molecule has 0 saturated carbocycles. The fourth-order valence-corrected chi connectivity index (χ4v) is 4.02. The van der Waals surface area contributed by atoms with Crippen LogP contribution in [0.4, 0.5) is 11.4 Å². The number of halogens is 1. The van der Waals surface area contributed by atoms with Crippen molar-refractivity contribution in [1.82, 2.24) is 4.57 Å². The Hall–Kier alpha value is -2.72. The molecule has 1 aliphatic heterocycles. The number of aromatic nitrogens is 1. The van der Waals surface area contributed by atoms with Gasteiger partial charge in [-0.1, -0.05) is 29.5 Å². The molecule has 28 heavy (non-hydrogen) atoms. The lowest BCUT2D eigenvalue weighted by Gasteiger charge is -2.06. The van der Waals surface area contributed by atoms with Crippen molar-refractivity contribution < 1.29 is 9.90 Å². The molecule has 0 radical (unpaired) electrons. The summed E-state index contributed by atoms with van der Waals surface area (Å²) in [6.45, 7) is -0.263. The Bertz CT molecular complexity index is 1180. The van der Waals surface area contributed by atoms with Crippen molar-refractivity contribution in [2.75, 3.05) is 5.32 Å². The number of hydrogen-bond acceptors (Lipinski definition) is 5. The molecule has 0 atom stereocenters. The van der Waals surface area contributed by atoms with Gasteiger partial charge in [-0.2, -0.15) is 0 Å². The molecule has 1 aliphatic rings. The van der Waals surface area contributed by atoms with Gasteiger partial charge in [-0.3, -0.25) is 19.1 Å². The quantitative estimate of drug-likeness (QED) is 0.526. The minimum Gasteiger partial charge on any atom is -0.493 e. The van der Waals surface area contributed by atoms with Crippen LogP contribution in [0.3, 0.4) is 0 Å². The zero-order valence-corrected chi connectivity index (χ0v) is 17.4. The lowest BCUT2D eigenvalue weighted by atomic mass is 10.1. The van der Waals surface area contributed by atoms with E-state index in [-0.39, 0.29) is 18.3 Å². The predicted molar refractivity (Wildman–Crippen MR) is 120 cm³/mol. The highest BCUT2D eigenvalue weighted by Crippen LogP contribution is 2.34. The van der Waals surface area contributed by atoms with E-state index in [0.717, 1.165) is 36.3 Å². The maximum absolute atomic E-state index is 12.3. The van der Waals surface area contributed by atoms with Gasteiger partial charge in [-0.25, -0.2) is 0 Å². The van der Waals surface area contributed by atoms with Crippen LogP contribution < -0.4 is 10.2 Å². The van der Waals surface area contributed by atoms with Crippen LogP contribution in [0.15, 0.2) is 58.3 Å². The Labute approximate surface area is 178 Å². The molecule has 0 aliphatic carbocycles. The number of carbonyl (C=O) groups is 1. The highest BCUT2D eigenvalue weighted by atomic mass is 127. The number of carbonyl (C=O) groups excluding carboxylic acids is 1. The third kappa shape index (κ3) is 3.78. The van der Waals surface area contributed by atoms with E-state index in [2.05, 4.69) is 32.9 Å². The first-order valence-electron chi connectivity index (χ1n) is 8.34. The predicted octanol–water partition coefficient (Wildman–Crippen LogP) is 4.12. The number of para-hydroxylation sites is 1. The van der Waals surface area contributed by atoms with Gasteiger partial charge in [-0.15, -0.1) is 0 Å². The van der Waals surface area contributed by atoms with Gasteiger partial charge < -0.3 is 10.4 Å². The molecule has 3 aromatic rings. The van der Waals surface area contributed by atoms with Crippen LogP contribution >= 0.6 is 33.9 Å². The average Bonchev–Trinajstić information content (AvgIpc) is 3.20. The van der Waals surface area contributed by atoms with Gasteiger partial charge in [0.1, 0.15) is 6.54 Å². The van der Waals surface area contributed by atoms with Crippen LogP contribution in [0.25, 0.3) is 11.6 Å². The van der Waals surface area contributed by atoms with Crippen LogP contribution in [0, 0.1) is 3.57 Å². The van der Waals surface area contributed by atoms with E-state index in [4.69, 9.17) is 0 Å². The molecule has 2 aromatic carbocycles. The Morgan fingerprint density at radius 1 is 1.21 bits per heavy atom. The minimum absolute atomic E-state index is 0.224. The monoisotopic (exact) mass is 503 g/mol. The van der Waals surface area contributed by atoms with E-state index in [1.807, 2.05) is 36.4 Å². The van der Waals surface area contributed by atoms with Crippen molar-refractivity contribution in [3.05, 3.63) is 72.2 Å². The molecule has 4 rings (SSSR count). The topological polar surface area (TPSA) is 83.7 Å². The summed E-state index contributed by atoms with van der Waals surface area (Å²) < 4.78 is 2.12. The van der Waals surface area contributed by atoms with Gasteiger partial charge in [0.05, 0.1) is 10.6 Å². The van der Waals surface area contributed by atoms with Crippen LogP contribution in [0.1, 0.15) is 10.4 Å². The number of thiazole rings is 1. The zero-order chi connectivity index (χ0) is 19.7. The van der Waals surface area contributed by atoms with Crippen LogP contribution in [-0.4, -0.2) is 21.8 Å². The van der Waals surface area contributed by atoms with Crippen molar-refractivity contribution in [3.63, 3.8) is 0 Å². The molecule has 6 nitrogen and oxygen atoms in total. The third-order valence-corrected chi connectivity index (χ3v) is 5.80. The summed E-state index contributed by atoms with van der Waals surface area (Å²) in [5, 5.41) is 13.2. The summed E-state index contributed by atoms with van der Waals surface area (Å²) in [6.07, 6.45) is 3.41. The standard InChI is InChI=1S/C20H14IN3O3S/c21-13-5-7-14(8-6-13)23-18(25)11-24-19(26)17(28-20(24)27)9-12-10-22-16-4-2-1-3-15(12)16/h1-10,26H,11H2,(H,23,25). The third-order valence-electron chi connectivity index (χ3n) is 4.17. The summed E-state index contributed by atoms with van der Waals surface area (Å²) >= 11 is 3.07. The number of anilines is 1. The van der Waals surface area contributed by atoms with Gasteiger partial charge in [0, 0.05) is 26.6 Å². The lowest BCUT2D eigenvalue weighted by Crippen LogP contribution is -2.24. The second-order valence-electron chi connectivity index (χ2n) is 6.07. The number of nitrogens with one attached hydrogen (secondary N) is 1. The number of rotatable bonds is 4. The molecule has 8 heteroatoms. The second-order valence-corrected chi connectivity index (χ2v) is 8.31. The maximum Gasteiger partial charge on any atom is 0.311 e. The average molecular weight is 503 g/mol. The van der Waals surface area contributed by atoms with Gasteiger partial charge in [-0.05, 0) is 59.0 Å². The first kappa shape index (κ1) is 18.6. The first-order valence-corrected chi connectivity index (χ1v) is 10.2. The number of aromatic hydroxyl groups is 1. The van der Waals surface area contributed by atoms with Crippen LogP contribution in [0.5, 0.6) is 5.88 Å². The molecule has 2 heterocycles. The molecule has 140 valence electrons. The highest BCUT2D eigenvalue weighted by molar-refractivity contribution is 14.1. The first-order chi connectivity index (χ1) is 13.5. The largest absolute Gasteiger partial charge is 0.493 e. The van der Waals surface area contributed by atoms with Crippen LogP contribution in [-0.2, 0) is 11.3 Å². The number of allylic oxidation sites excluding steroid dienone is 1. The number of fused-ring (bicyclic) bond motifs is 1. The van der Waals surface area contributed by atoms with Gasteiger partial charge in [0.25, 0.3) is 0 Å². The van der Waals surface area contributed by atoms with Crippen molar-refractivity contribution >= 4 is 69.1 Å². The van der Waals surface area contributed by atoms with Crippen molar-refractivity contribution in [2.24, 2.45) is 4.99 Å². The van der Waals surface area contributed by atoms with Crippen molar-refractivity contribution in [2.45, 2.75) is 6.54 Å². The maximum atomic E-state index is 12.3. The normalized spacial score (nSPS) is 13.7. The van der Waals surface area contributed by atoms with Gasteiger partial charge in [0.2, 0.25) is 11.8 Å². The Kier molecular flexibility index (Phi) is 5.14. The lowest BCUT2D eigenvalue weighted by molar-refractivity contribution is -0.116. The van der Waals surface area contributed by atoms with Gasteiger partial charge >= 0.3 is 4.87 Å². The Morgan fingerprint density at radius 2 is 1.96 bits per heavy atom. The molecule has 0 bridgehead atoms. The summed E-state index contributed by atoms with van der Waals surface area (Å²) in [6, 6.07) is 14.9. The minimum atomic E-state index is -0.398. The van der Waals surface area contributed by atoms with E-state index in [0.29, 0.717) is 10.6 Å². The second kappa shape index (κ2) is 7.72. The Morgan fingerprint density at radius 3 is 2.75 bits per heavy atom. The zero-order valence-electron chi connectivity index (χ0n) is 14.4. The van der Waals surface area contributed by atoms with E-state index in [9.17, 15) is 14.7 Å². The molecular formula is C20H14IN3O3S. The number of amides is 1. The van der Waals surface area contributed by atoms with E-state index < -0.39 is 4.87 Å². The fraction of sp³-hybridized carbons (Fsp3) is 0.0500. The fourth-order valence-electron chi connectivity index (χ4n) is 2.82. The molecule has 0 spiro atoms. The molecule has 1 aromatic heterocycles. The van der Waals surface area contributed by atoms with Crippen molar-refractivity contribution in [1.29, 1.82) is 0 Å². The van der Waals surface area contributed by atoms with E-state index >= 15 is 0 Å². The summed E-state index contributed by atoms with van der Waals surface area (Å²) in [5.74, 6) is -0.610. The number of aliphatic imine (C=N–C) groups is 1. The molecule has 0 fully saturated rings. The highest BCUT2D eigenvalue weighted by Gasteiger charge is 2.18. The summed E-state index contributed by atoms with van der Waals surface area (Å²) in [5.41, 5.74) is 3.22. The van der Waals surface area contributed by atoms with E-state index in [1.165, 1.54) is 0 Å². The molecular weight excluding hydrogens is 489 g/mol. The number of hydrogen-bond donors (Lipinski definition) is 2. The van der Waals surface area contributed by atoms with Gasteiger partial charge in [0.15, 0.2) is 0 Å². The molecule has 1 amide bonds.